The standard InChI is InChI=1S/C15H20FN3/c1-15(2)8-4-3-5-13(15)19-12-7-6-10(16)9-11(12)18-14(19)17/h6-7,9,13H,3-5,8H2,1-2H3,(H2,17,18). The molecule has 1 aliphatic carbocycles. The van der Waals surface area contributed by atoms with Gasteiger partial charge < -0.3 is 10.3 Å². The van der Waals surface area contributed by atoms with E-state index >= 15 is 0 Å². The van der Waals surface area contributed by atoms with E-state index in [0.29, 0.717) is 17.5 Å². The molecule has 0 aliphatic heterocycles. The molecule has 1 fully saturated rings. The van der Waals surface area contributed by atoms with E-state index in [-0.39, 0.29) is 11.2 Å². The molecule has 0 radical (unpaired) electrons. The first-order valence-electron chi connectivity index (χ1n) is 6.92. The Morgan fingerprint density at radius 3 is 2.89 bits per heavy atom. The van der Waals surface area contributed by atoms with E-state index in [1.54, 1.807) is 6.07 Å². The molecule has 1 atom stereocenters. The Hall–Kier alpha value is -1.58. The predicted molar refractivity (Wildman–Crippen MR) is 75.4 cm³/mol. The summed E-state index contributed by atoms with van der Waals surface area (Å²) < 4.78 is 15.4. The van der Waals surface area contributed by atoms with Crippen LogP contribution in [0.15, 0.2) is 18.2 Å². The summed E-state index contributed by atoms with van der Waals surface area (Å²) in [6.45, 7) is 4.57. The maximum Gasteiger partial charge on any atom is 0.201 e. The Kier molecular flexibility index (Phi) is 2.77. The number of anilines is 1. The molecule has 4 heteroatoms. The zero-order valence-electron chi connectivity index (χ0n) is 11.5. The van der Waals surface area contributed by atoms with E-state index in [1.807, 2.05) is 0 Å². The molecule has 1 aliphatic rings. The monoisotopic (exact) mass is 261 g/mol. The SMILES string of the molecule is CC1(C)CCCCC1n1c(N)nc2cc(F)ccc21. The van der Waals surface area contributed by atoms with Gasteiger partial charge in [0.05, 0.1) is 11.0 Å². The summed E-state index contributed by atoms with van der Waals surface area (Å²) in [5.41, 5.74) is 7.88. The summed E-state index contributed by atoms with van der Waals surface area (Å²) in [6.07, 6.45) is 4.79. The van der Waals surface area contributed by atoms with Crippen molar-refractivity contribution in [2.45, 2.75) is 45.6 Å². The van der Waals surface area contributed by atoms with Crippen LogP contribution < -0.4 is 5.73 Å². The molecule has 1 aromatic heterocycles. The molecular weight excluding hydrogens is 241 g/mol. The van der Waals surface area contributed by atoms with Gasteiger partial charge in [-0.05, 0) is 30.4 Å². The number of rotatable bonds is 1. The number of nitrogens with zero attached hydrogens (tertiary/aromatic N) is 2. The summed E-state index contributed by atoms with van der Waals surface area (Å²) in [7, 11) is 0. The topological polar surface area (TPSA) is 43.8 Å². The number of hydrogen-bond acceptors (Lipinski definition) is 2. The lowest BCUT2D eigenvalue weighted by Gasteiger charge is -2.40. The van der Waals surface area contributed by atoms with Gasteiger partial charge in [-0.2, -0.15) is 0 Å². The fourth-order valence-corrected chi connectivity index (χ4v) is 3.37. The highest BCUT2D eigenvalue weighted by atomic mass is 19.1. The summed E-state index contributed by atoms with van der Waals surface area (Å²) in [6, 6.07) is 5.07. The molecule has 2 aromatic rings. The van der Waals surface area contributed by atoms with Gasteiger partial charge in [0.15, 0.2) is 0 Å². The number of aromatic nitrogens is 2. The minimum Gasteiger partial charge on any atom is -0.369 e. The first kappa shape index (κ1) is 12.5. The smallest absolute Gasteiger partial charge is 0.201 e. The van der Waals surface area contributed by atoms with E-state index in [0.717, 1.165) is 11.9 Å². The van der Waals surface area contributed by atoms with E-state index in [1.165, 1.54) is 31.4 Å². The van der Waals surface area contributed by atoms with Crippen LogP contribution in [0, 0.1) is 11.2 Å². The van der Waals surface area contributed by atoms with Gasteiger partial charge in [0.25, 0.3) is 0 Å². The van der Waals surface area contributed by atoms with Crippen LogP contribution in [0.4, 0.5) is 10.3 Å². The lowest BCUT2D eigenvalue weighted by atomic mass is 9.73. The second kappa shape index (κ2) is 4.22. The molecule has 0 saturated heterocycles. The fourth-order valence-electron chi connectivity index (χ4n) is 3.37. The van der Waals surface area contributed by atoms with Crippen molar-refractivity contribution in [3.05, 3.63) is 24.0 Å². The molecule has 0 amide bonds. The largest absolute Gasteiger partial charge is 0.369 e. The Bertz CT molecular complexity index is 615. The van der Waals surface area contributed by atoms with Gasteiger partial charge in [-0.3, -0.25) is 0 Å². The van der Waals surface area contributed by atoms with Crippen molar-refractivity contribution in [1.82, 2.24) is 9.55 Å². The third kappa shape index (κ3) is 1.99. The van der Waals surface area contributed by atoms with Crippen molar-refractivity contribution in [3.63, 3.8) is 0 Å². The van der Waals surface area contributed by atoms with Crippen molar-refractivity contribution >= 4 is 17.0 Å². The number of fused-ring (bicyclic) bond motifs is 1. The first-order chi connectivity index (χ1) is 8.99. The third-order valence-electron chi connectivity index (χ3n) is 4.44. The number of imidazole rings is 1. The molecule has 3 rings (SSSR count). The van der Waals surface area contributed by atoms with Crippen LogP contribution in [0.2, 0.25) is 0 Å². The van der Waals surface area contributed by atoms with Crippen LogP contribution in [0.25, 0.3) is 11.0 Å². The minimum absolute atomic E-state index is 0.203. The highest BCUT2D eigenvalue weighted by molar-refractivity contribution is 5.78. The van der Waals surface area contributed by atoms with Crippen molar-refractivity contribution in [2.24, 2.45) is 5.41 Å². The molecule has 3 nitrogen and oxygen atoms in total. The van der Waals surface area contributed by atoms with Gasteiger partial charge >= 0.3 is 0 Å². The molecular formula is C15H20FN3. The van der Waals surface area contributed by atoms with Gasteiger partial charge in [0.1, 0.15) is 5.82 Å². The molecule has 1 aromatic carbocycles. The van der Waals surface area contributed by atoms with Crippen molar-refractivity contribution in [2.75, 3.05) is 5.73 Å². The third-order valence-corrected chi connectivity index (χ3v) is 4.44. The van der Waals surface area contributed by atoms with Gasteiger partial charge in [0, 0.05) is 12.1 Å². The molecule has 19 heavy (non-hydrogen) atoms. The van der Waals surface area contributed by atoms with Crippen LogP contribution in [-0.4, -0.2) is 9.55 Å². The lowest BCUT2D eigenvalue weighted by Crippen LogP contribution is -2.31. The molecule has 1 heterocycles. The fraction of sp³-hybridized carbons (Fsp3) is 0.533. The minimum atomic E-state index is -0.264. The maximum absolute atomic E-state index is 13.3. The predicted octanol–water partition coefficient (Wildman–Crippen LogP) is 3.90. The van der Waals surface area contributed by atoms with Gasteiger partial charge in [-0.1, -0.05) is 26.7 Å². The highest BCUT2D eigenvalue weighted by Crippen LogP contribution is 2.45. The van der Waals surface area contributed by atoms with E-state index in [4.69, 9.17) is 5.73 Å². The Labute approximate surface area is 112 Å². The molecule has 2 N–H and O–H groups in total. The zero-order chi connectivity index (χ0) is 13.6. The second-order valence-corrected chi connectivity index (χ2v) is 6.22. The Balaban J connectivity index is 2.16. The average molecular weight is 261 g/mol. The second-order valence-electron chi connectivity index (χ2n) is 6.22. The molecule has 0 bridgehead atoms. The van der Waals surface area contributed by atoms with Crippen molar-refractivity contribution in [3.8, 4) is 0 Å². The summed E-state index contributed by atoms with van der Waals surface area (Å²) >= 11 is 0. The van der Waals surface area contributed by atoms with Crippen LogP contribution >= 0.6 is 0 Å². The van der Waals surface area contributed by atoms with Gasteiger partial charge in [-0.15, -0.1) is 0 Å². The summed E-state index contributed by atoms with van der Waals surface area (Å²) in [5, 5.41) is 0. The van der Waals surface area contributed by atoms with E-state index < -0.39 is 0 Å². The highest BCUT2D eigenvalue weighted by Gasteiger charge is 2.35. The van der Waals surface area contributed by atoms with Crippen LogP contribution in [0.1, 0.15) is 45.6 Å². The number of hydrogen-bond donors (Lipinski definition) is 1. The molecule has 0 spiro atoms. The Morgan fingerprint density at radius 1 is 1.37 bits per heavy atom. The molecule has 1 saturated carbocycles. The Morgan fingerprint density at radius 2 is 2.16 bits per heavy atom. The van der Waals surface area contributed by atoms with E-state index in [9.17, 15) is 4.39 Å². The van der Waals surface area contributed by atoms with Crippen LogP contribution in [0.3, 0.4) is 0 Å². The van der Waals surface area contributed by atoms with Crippen molar-refractivity contribution in [1.29, 1.82) is 0 Å². The molecule has 102 valence electrons. The zero-order valence-corrected chi connectivity index (χ0v) is 11.5. The van der Waals surface area contributed by atoms with Crippen LogP contribution in [-0.2, 0) is 0 Å². The summed E-state index contributed by atoms with van der Waals surface area (Å²) in [5.74, 6) is 0.237. The van der Waals surface area contributed by atoms with Gasteiger partial charge in [0.2, 0.25) is 5.95 Å². The number of benzene rings is 1. The molecule has 1 unspecified atom stereocenters. The maximum atomic E-state index is 13.3. The quantitative estimate of drug-likeness (QED) is 0.846. The number of nitrogen functional groups attached to an aromatic ring is 1. The van der Waals surface area contributed by atoms with Crippen molar-refractivity contribution < 1.29 is 4.39 Å². The lowest BCUT2D eigenvalue weighted by molar-refractivity contribution is 0.149. The van der Waals surface area contributed by atoms with E-state index in [2.05, 4.69) is 23.4 Å². The first-order valence-corrected chi connectivity index (χ1v) is 6.92. The number of halogens is 1. The van der Waals surface area contributed by atoms with Gasteiger partial charge in [-0.25, -0.2) is 9.37 Å². The normalized spacial score (nSPS) is 22.8. The number of nitrogens with two attached hydrogens (primary N) is 1. The average Bonchev–Trinajstić information content (AvgIpc) is 2.64. The van der Waals surface area contributed by atoms with Crippen LogP contribution in [0.5, 0.6) is 0 Å². The summed E-state index contributed by atoms with van der Waals surface area (Å²) in [4.78, 5) is 4.32.